The van der Waals surface area contributed by atoms with Crippen LogP contribution in [-0.4, -0.2) is 26.6 Å². The molecular weight excluding hydrogens is 400 g/mol. The van der Waals surface area contributed by atoms with Gasteiger partial charge in [0, 0.05) is 23.2 Å². The molecule has 1 atom stereocenters. The minimum Gasteiger partial charge on any atom is -0.311 e. The van der Waals surface area contributed by atoms with E-state index in [0.29, 0.717) is 12.2 Å². The van der Waals surface area contributed by atoms with Crippen LogP contribution in [0.1, 0.15) is 44.0 Å². The number of carbonyl (C=O) groups excluding carboxylic acids is 1. The van der Waals surface area contributed by atoms with Gasteiger partial charge in [-0.25, -0.2) is 13.1 Å². The van der Waals surface area contributed by atoms with Gasteiger partial charge in [-0.2, -0.15) is 0 Å². The van der Waals surface area contributed by atoms with E-state index in [1.165, 1.54) is 6.92 Å². The first kappa shape index (κ1) is 20.4. The number of thioether (sulfide) groups is 1. The molecule has 2 heterocycles. The van der Waals surface area contributed by atoms with Gasteiger partial charge in [0.15, 0.2) is 0 Å². The molecule has 0 fully saturated rings. The number of fused-ring (bicyclic) bond motifs is 1. The largest absolute Gasteiger partial charge is 0.311 e. The Kier molecular flexibility index (Phi) is 6.62. The van der Waals surface area contributed by atoms with Crippen molar-refractivity contribution in [1.82, 2.24) is 4.72 Å². The molecule has 5 nitrogen and oxygen atoms in total. The average molecular weight is 425 g/mol. The molecule has 0 unspecified atom stereocenters. The van der Waals surface area contributed by atoms with Gasteiger partial charge >= 0.3 is 0 Å². The predicted octanol–water partition coefficient (Wildman–Crippen LogP) is 4.42. The summed E-state index contributed by atoms with van der Waals surface area (Å²) in [6.45, 7) is 4.17. The zero-order chi connectivity index (χ0) is 19.4. The number of carbonyl (C=O) groups is 1. The number of hydrogen-bond acceptors (Lipinski definition) is 5. The molecule has 27 heavy (non-hydrogen) atoms. The maximum absolute atomic E-state index is 13.0. The molecule has 8 heteroatoms. The van der Waals surface area contributed by atoms with Crippen molar-refractivity contribution in [2.75, 3.05) is 17.2 Å². The molecule has 3 rings (SSSR count). The zero-order valence-electron chi connectivity index (χ0n) is 15.5. The quantitative estimate of drug-likeness (QED) is 0.746. The smallest absolute Gasteiger partial charge is 0.241 e. The van der Waals surface area contributed by atoms with E-state index in [0.717, 1.165) is 34.8 Å². The normalized spacial score (nSPS) is 15.9. The maximum Gasteiger partial charge on any atom is 0.241 e. The first-order valence-corrected chi connectivity index (χ1v) is 12.4. The summed E-state index contributed by atoms with van der Waals surface area (Å²) in [5.41, 5.74) is 0.691. The van der Waals surface area contributed by atoms with Crippen molar-refractivity contribution in [1.29, 1.82) is 0 Å². The monoisotopic (exact) mass is 424 g/mol. The van der Waals surface area contributed by atoms with Gasteiger partial charge in [0.05, 0.1) is 16.6 Å². The molecule has 146 valence electrons. The highest BCUT2D eigenvalue weighted by molar-refractivity contribution is 7.99. The number of anilines is 1. The van der Waals surface area contributed by atoms with Crippen LogP contribution < -0.4 is 9.62 Å². The molecule has 1 aliphatic heterocycles. The Bertz CT molecular complexity index is 895. The standard InChI is InChI=1S/C19H24N2O3S3/c1-3-6-16(18-7-4-11-25-18)20-27(23,24)15-8-9-19-17(13-15)21(14(2)22)10-5-12-26-19/h4,7-9,11,13,16,20H,3,5-6,10,12H2,1-2H3/t16-/m1/s1. The number of thiophene rings is 1. The van der Waals surface area contributed by atoms with Crippen LogP contribution in [0.2, 0.25) is 0 Å². The summed E-state index contributed by atoms with van der Waals surface area (Å²) >= 11 is 3.22. The molecule has 1 aliphatic rings. The molecule has 0 bridgehead atoms. The van der Waals surface area contributed by atoms with Gasteiger partial charge in [-0.1, -0.05) is 19.4 Å². The lowest BCUT2D eigenvalue weighted by Gasteiger charge is -2.22. The van der Waals surface area contributed by atoms with E-state index >= 15 is 0 Å². The Hall–Kier alpha value is -1.35. The highest BCUT2D eigenvalue weighted by Gasteiger charge is 2.25. The summed E-state index contributed by atoms with van der Waals surface area (Å²) < 4.78 is 28.9. The first-order valence-electron chi connectivity index (χ1n) is 9.03. The number of sulfonamides is 1. The van der Waals surface area contributed by atoms with Crippen LogP contribution in [0.25, 0.3) is 0 Å². The van der Waals surface area contributed by atoms with Gasteiger partial charge in [0.1, 0.15) is 0 Å². The molecule has 0 aliphatic carbocycles. The van der Waals surface area contributed by atoms with Crippen molar-refractivity contribution >= 4 is 44.7 Å². The van der Waals surface area contributed by atoms with Gasteiger partial charge in [-0.05, 0) is 48.2 Å². The second kappa shape index (κ2) is 8.77. The molecule has 0 saturated carbocycles. The van der Waals surface area contributed by atoms with E-state index in [2.05, 4.69) is 4.72 Å². The maximum atomic E-state index is 13.0. The van der Waals surface area contributed by atoms with Gasteiger partial charge in [-0.3, -0.25) is 4.79 Å². The van der Waals surface area contributed by atoms with Crippen LogP contribution in [0, 0.1) is 0 Å². The van der Waals surface area contributed by atoms with Crippen molar-refractivity contribution in [3.05, 3.63) is 40.6 Å². The Morgan fingerprint density at radius 2 is 2.15 bits per heavy atom. The van der Waals surface area contributed by atoms with Crippen molar-refractivity contribution in [3.63, 3.8) is 0 Å². The van der Waals surface area contributed by atoms with Crippen LogP contribution in [0.5, 0.6) is 0 Å². The molecule has 0 spiro atoms. The van der Waals surface area contributed by atoms with Crippen LogP contribution in [0.15, 0.2) is 45.5 Å². The number of rotatable bonds is 6. The van der Waals surface area contributed by atoms with Crippen molar-refractivity contribution < 1.29 is 13.2 Å². The molecule has 0 saturated heterocycles. The topological polar surface area (TPSA) is 66.5 Å². The Labute approximate surface area is 169 Å². The zero-order valence-corrected chi connectivity index (χ0v) is 17.9. The third kappa shape index (κ3) is 4.74. The highest BCUT2D eigenvalue weighted by Crippen LogP contribution is 2.36. The molecule has 1 aromatic carbocycles. The van der Waals surface area contributed by atoms with E-state index in [1.807, 2.05) is 30.5 Å². The SMILES string of the molecule is CCC[C@@H](NS(=O)(=O)c1ccc2c(c1)N(C(C)=O)CCCS2)c1cccs1. The second-order valence-corrected chi connectivity index (χ2v) is 10.3. The molecule has 1 amide bonds. The summed E-state index contributed by atoms with van der Waals surface area (Å²) in [4.78, 5) is 15.9. The molecule has 2 aromatic rings. The summed E-state index contributed by atoms with van der Waals surface area (Å²) in [6, 6.07) is 8.73. The number of benzene rings is 1. The molecule has 1 N–H and O–H groups in total. The molecule has 0 radical (unpaired) electrons. The van der Waals surface area contributed by atoms with Gasteiger partial charge in [0.2, 0.25) is 15.9 Å². The average Bonchev–Trinajstić information content (AvgIpc) is 3.07. The van der Waals surface area contributed by atoms with E-state index in [9.17, 15) is 13.2 Å². The van der Waals surface area contributed by atoms with Crippen LogP contribution in [-0.2, 0) is 14.8 Å². The van der Waals surface area contributed by atoms with Gasteiger partial charge < -0.3 is 4.90 Å². The van der Waals surface area contributed by atoms with E-state index in [1.54, 1.807) is 40.1 Å². The lowest BCUT2D eigenvalue weighted by atomic mass is 10.1. The second-order valence-electron chi connectivity index (χ2n) is 6.48. The van der Waals surface area contributed by atoms with Crippen LogP contribution >= 0.6 is 23.1 Å². The summed E-state index contributed by atoms with van der Waals surface area (Å²) in [7, 11) is -3.69. The lowest BCUT2D eigenvalue weighted by molar-refractivity contribution is -0.116. The first-order chi connectivity index (χ1) is 12.9. The number of hydrogen-bond donors (Lipinski definition) is 1. The van der Waals surface area contributed by atoms with E-state index in [4.69, 9.17) is 0 Å². The Morgan fingerprint density at radius 1 is 1.33 bits per heavy atom. The number of nitrogens with zero attached hydrogens (tertiary/aromatic N) is 1. The van der Waals surface area contributed by atoms with Crippen LogP contribution in [0.4, 0.5) is 5.69 Å². The fourth-order valence-electron chi connectivity index (χ4n) is 3.14. The number of nitrogens with one attached hydrogen (secondary N) is 1. The summed E-state index contributed by atoms with van der Waals surface area (Å²) in [5, 5.41) is 1.96. The van der Waals surface area contributed by atoms with Gasteiger partial charge in [-0.15, -0.1) is 23.1 Å². The Balaban J connectivity index is 1.94. The molecule has 1 aromatic heterocycles. The van der Waals surface area contributed by atoms with E-state index in [-0.39, 0.29) is 16.8 Å². The summed E-state index contributed by atoms with van der Waals surface area (Å²) in [6.07, 6.45) is 2.50. The lowest BCUT2D eigenvalue weighted by Crippen LogP contribution is -2.31. The van der Waals surface area contributed by atoms with Gasteiger partial charge in [0.25, 0.3) is 0 Å². The minimum atomic E-state index is -3.69. The summed E-state index contributed by atoms with van der Waals surface area (Å²) in [5.74, 6) is 0.849. The Morgan fingerprint density at radius 3 is 2.81 bits per heavy atom. The van der Waals surface area contributed by atoms with Crippen molar-refractivity contribution in [2.45, 2.75) is 48.9 Å². The van der Waals surface area contributed by atoms with Crippen LogP contribution in [0.3, 0.4) is 0 Å². The highest BCUT2D eigenvalue weighted by atomic mass is 32.2. The fraction of sp³-hybridized carbons (Fsp3) is 0.421. The molecular formula is C19H24N2O3S3. The predicted molar refractivity (Wildman–Crippen MR) is 112 cm³/mol. The van der Waals surface area contributed by atoms with Crippen molar-refractivity contribution in [2.24, 2.45) is 0 Å². The van der Waals surface area contributed by atoms with E-state index < -0.39 is 10.0 Å². The fourth-order valence-corrected chi connectivity index (χ4v) is 6.27. The third-order valence-corrected chi connectivity index (χ3v) is 8.06. The van der Waals surface area contributed by atoms with Crippen molar-refractivity contribution in [3.8, 4) is 0 Å². The minimum absolute atomic E-state index is 0.0660. The third-order valence-electron chi connectivity index (χ3n) is 4.46. The number of amides is 1.